The average molecular weight is 358 g/mol. The highest BCUT2D eigenvalue weighted by Gasteiger charge is 2.47. The minimum atomic E-state index is -0.437. The number of hydrogen-bond donors (Lipinski definition) is 1. The number of nitrogens with one attached hydrogen (secondary N) is 1. The van der Waals surface area contributed by atoms with Crippen molar-refractivity contribution >= 4 is 32.2 Å². The van der Waals surface area contributed by atoms with Gasteiger partial charge in [0.15, 0.2) is 0 Å². The lowest BCUT2D eigenvalue weighted by atomic mass is 9.86. The maximum atomic E-state index is 12.7. The summed E-state index contributed by atoms with van der Waals surface area (Å²) < 4.78 is 5.55. The van der Waals surface area contributed by atoms with Crippen molar-refractivity contribution in [2.24, 2.45) is 10.9 Å². The first-order valence-electron chi connectivity index (χ1n) is 8.86. The molecule has 2 heterocycles. The standard InChI is InChI=1S/C17H29ClN2O2Si/c1-5-17(6-2)16(22-4)19-14(15(21)20-17)12(3)10-13-8-7-9-23(13)11-18/h12-14H,5-11H2,1-4H3/p+1/t12-,13?,14+/m1/s1. The second-order valence-corrected chi connectivity index (χ2v) is 10.7. The fourth-order valence-corrected chi connectivity index (χ4v) is 7.85. The second kappa shape index (κ2) is 8.02. The molecule has 23 heavy (non-hydrogen) atoms. The van der Waals surface area contributed by atoms with Crippen molar-refractivity contribution in [3.8, 4) is 0 Å². The van der Waals surface area contributed by atoms with Gasteiger partial charge in [-0.15, -0.1) is 0 Å². The van der Waals surface area contributed by atoms with Gasteiger partial charge >= 0.3 is 8.80 Å². The number of alkyl halides is 1. The Balaban J connectivity index is 2.14. The highest BCUT2D eigenvalue weighted by molar-refractivity contribution is 6.69. The van der Waals surface area contributed by atoms with Gasteiger partial charge in [-0.2, -0.15) is 0 Å². The van der Waals surface area contributed by atoms with Gasteiger partial charge < -0.3 is 10.1 Å². The van der Waals surface area contributed by atoms with E-state index in [1.807, 2.05) is 0 Å². The number of rotatable bonds is 6. The van der Waals surface area contributed by atoms with E-state index in [1.54, 1.807) is 7.11 Å². The minimum absolute atomic E-state index is 0.0552. The molecular weight excluding hydrogens is 328 g/mol. The van der Waals surface area contributed by atoms with Gasteiger partial charge in [-0.3, -0.25) is 4.79 Å². The molecule has 1 amide bonds. The number of ether oxygens (including phenoxy) is 1. The summed E-state index contributed by atoms with van der Waals surface area (Å²) in [6.45, 7) is 6.28. The second-order valence-electron chi connectivity index (χ2n) is 6.96. The number of nitrogens with zero attached hydrogens (tertiary/aromatic N) is 1. The fourth-order valence-electron chi connectivity index (χ4n) is 4.06. The maximum Gasteiger partial charge on any atom is 0.334 e. The zero-order chi connectivity index (χ0) is 17.0. The molecule has 1 fully saturated rings. The van der Waals surface area contributed by atoms with Crippen LogP contribution in [0.2, 0.25) is 11.6 Å². The number of methoxy groups -OCH3 is 1. The molecule has 0 aliphatic carbocycles. The Kier molecular flexibility index (Phi) is 6.54. The normalized spacial score (nSPS) is 28.3. The van der Waals surface area contributed by atoms with E-state index in [1.165, 1.54) is 18.9 Å². The van der Waals surface area contributed by atoms with Crippen LogP contribution in [0.25, 0.3) is 0 Å². The third-order valence-electron chi connectivity index (χ3n) is 5.69. The molecule has 0 saturated carbocycles. The van der Waals surface area contributed by atoms with Gasteiger partial charge in [0.25, 0.3) is 0 Å². The molecule has 0 aromatic carbocycles. The smallest absolute Gasteiger partial charge is 0.334 e. The molecule has 2 aliphatic rings. The highest BCUT2D eigenvalue weighted by Crippen LogP contribution is 2.38. The average Bonchev–Trinajstić information content (AvgIpc) is 3.01. The maximum absolute atomic E-state index is 12.7. The molecule has 130 valence electrons. The van der Waals surface area contributed by atoms with Gasteiger partial charge in [0, 0.05) is 0 Å². The number of carbonyl (C=O) groups is 1. The first-order chi connectivity index (χ1) is 11.0. The Bertz CT molecular complexity index is 454. The van der Waals surface area contributed by atoms with Crippen LogP contribution in [0.15, 0.2) is 4.99 Å². The van der Waals surface area contributed by atoms with Crippen LogP contribution in [0.3, 0.4) is 0 Å². The first-order valence-corrected chi connectivity index (χ1v) is 11.4. The molecule has 2 rings (SSSR count). The molecule has 0 spiro atoms. The molecule has 0 aromatic heterocycles. The highest BCUT2D eigenvalue weighted by atomic mass is 35.5. The Morgan fingerprint density at radius 1 is 1.48 bits per heavy atom. The van der Waals surface area contributed by atoms with E-state index in [0.717, 1.165) is 30.3 Å². The summed E-state index contributed by atoms with van der Waals surface area (Å²) in [5.74, 6) is 0.978. The lowest BCUT2D eigenvalue weighted by molar-refractivity contribution is -0.125. The molecule has 0 aromatic rings. The predicted octanol–water partition coefficient (Wildman–Crippen LogP) is 3.55. The predicted molar refractivity (Wildman–Crippen MR) is 97.7 cm³/mol. The number of halogens is 1. The van der Waals surface area contributed by atoms with Crippen LogP contribution in [0.4, 0.5) is 0 Å². The molecule has 4 nitrogen and oxygen atoms in total. The van der Waals surface area contributed by atoms with Crippen molar-refractivity contribution in [2.75, 3.05) is 12.6 Å². The summed E-state index contributed by atoms with van der Waals surface area (Å²) >= 11 is 6.14. The van der Waals surface area contributed by atoms with Crippen LogP contribution in [0.1, 0.15) is 52.9 Å². The third-order valence-corrected chi connectivity index (χ3v) is 9.74. The molecule has 0 bridgehead atoms. The first kappa shape index (κ1) is 18.8. The fraction of sp³-hybridized carbons (Fsp3) is 0.882. The van der Waals surface area contributed by atoms with E-state index in [-0.39, 0.29) is 17.9 Å². The van der Waals surface area contributed by atoms with Crippen molar-refractivity contribution in [3.63, 3.8) is 0 Å². The number of carbonyl (C=O) groups excluding carboxylic acids is 1. The minimum Gasteiger partial charge on any atom is -0.483 e. The van der Waals surface area contributed by atoms with Crippen LogP contribution in [-0.4, -0.2) is 44.8 Å². The van der Waals surface area contributed by atoms with Crippen LogP contribution in [-0.2, 0) is 9.53 Å². The molecule has 6 heteroatoms. The van der Waals surface area contributed by atoms with Crippen LogP contribution >= 0.6 is 11.6 Å². The molecule has 3 atom stereocenters. The number of aliphatic imine (C=N–C) groups is 1. The zero-order valence-corrected chi connectivity index (χ0v) is 16.6. The summed E-state index contributed by atoms with van der Waals surface area (Å²) in [4.78, 5) is 17.4. The molecule has 2 aliphatic heterocycles. The Labute approximate surface area is 147 Å². The Morgan fingerprint density at radius 2 is 2.17 bits per heavy atom. The van der Waals surface area contributed by atoms with E-state index in [0.29, 0.717) is 5.90 Å². The summed E-state index contributed by atoms with van der Waals surface area (Å²) in [5, 5.41) is 3.20. The third kappa shape index (κ3) is 3.76. The van der Waals surface area contributed by atoms with E-state index in [9.17, 15) is 4.79 Å². The van der Waals surface area contributed by atoms with Crippen molar-refractivity contribution < 1.29 is 9.53 Å². The molecule has 1 N–H and O–H groups in total. The van der Waals surface area contributed by atoms with Gasteiger partial charge in [-0.1, -0.05) is 32.4 Å². The van der Waals surface area contributed by atoms with Gasteiger partial charge in [0.1, 0.15) is 17.1 Å². The monoisotopic (exact) mass is 357 g/mol. The summed E-state index contributed by atoms with van der Waals surface area (Å²) in [7, 11) is 1.22. The lowest BCUT2D eigenvalue weighted by Gasteiger charge is -2.39. The Hall–Kier alpha value is -0.553. The van der Waals surface area contributed by atoms with Crippen molar-refractivity contribution in [2.45, 2.75) is 76.0 Å². The Morgan fingerprint density at radius 3 is 2.74 bits per heavy atom. The van der Waals surface area contributed by atoms with E-state index < -0.39 is 14.3 Å². The molecule has 1 unspecified atom stereocenters. The van der Waals surface area contributed by atoms with Gasteiger partial charge in [0.05, 0.1) is 18.7 Å². The summed E-state index contributed by atoms with van der Waals surface area (Å²) in [6.07, 6.45) is 5.23. The van der Waals surface area contributed by atoms with E-state index >= 15 is 0 Å². The quantitative estimate of drug-likeness (QED) is 0.583. The lowest BCUT2D eigenvalue weighted by Crippen LogP contribution is -2.61. The van der Waals surface area contributed by atoms with Crippen molar-refractivity contribution in [1.29, 1.82) is 0 Å². The number of amides is 1. The van der Waals surface area contributed by atoms with Crippen molar-refractivity contribution in [1.82, 2.24) is 5.32 Å². The van der Waals surface area contributed by atoms with Gasteiger partial charge in [-0.25, -0.2) is 4.99 Å². The summed E-state index contributed by atoms with van der Waals surface area (Å²) in [6, 6.07) is 0.999. The van der Waals surface area contributed by atoms with E-state index in [2.05, 4.69) is 26.1 Å². The van der Waals surface area contributed by atoms with Gasteiger partial charge in [0.2, 0.25) is 11.8 Å². The SMILES string of the molecule is CCC1(CC)NC(=O)[C@H]([C@H](C)CC2CCC[Si+]2CCl)N=C1OC. The van der Waals surface area contributed by atoms with Crippen molar-refractivity contribution in [3.05, 3.63) is 0 Å². The van der Waals surface area contributed by atoms with Crippen LogP contribution in [0, 0.1) is 5.92 Å². The molecular formula is C17H30ClN2O2Si+. The van der Waals surface area contributed by atoms with Gasteiger partial charge in [-0.05, 0) is 38.0 Å². The zero-order valence-electron chi connectivity index (χ0n) is 14.8. The van der Waals surface area contributed by atoms with Crippen LogP contribution < -0.4 is 5.32 Å². The van der Waals surface area contributed by atoms with E-state index in [4.69, 9.17) is 21.3 Å². The molecule has 1 saturated heterocycles. The topological polar surface area (TPSA) is 50.7 Å². The van der Waals surface area contributed by atoms with Crippen LogP contribution in [0.5, 0.6) is 0 Å². The largest absolute Gasteiger partial charge is 0.483 e. The number of hydrogen-bond acceptors (Lipinski definition) is 3. The molecule has 0 radical (unpaired) electrons. The summed E-state index contributed by atoms with van der Waals surface area (Å²) in [5.41, 5.74) is 1.13.